The van der Waals surface area contributed by atoms with E-state index in [1.165, 1.54) is 13.2 Å². The fraction of sp³-hybridized carbons (Fsp3) is 0.500. The van der Waals surface area contributed by atoms with Crippen molar-refractivity contribution in [1.29, 1.82) is 0 Å². The summed E-state index contributed by atoms with van der Waals surface area (Å²) in [7, 11) is -2.02. The zero-order chi connectivity index (χ0) is 13.8. The average molecular weight is 269 g/mol. The second-order valence-corrected chi connectivity index (χ2v) is 6.41. The molecule has 0 aliphatic rings. The first-order valence-corrected chi connectivity index (χ1v) is 7.12. The van der Waals surface area contributed by atoms with Gasteiger partial charge in [-0.25, -0.2) is 8.42 Å². The third-order valence-corrected chi connectivity index (χ3v) is 4.22. The van der Waals surface area contributed by atoms with E-state index < -0.39 is 10.0 Å². The van der Waals surface area contributed by atoms with Crippen LogP contribution in [0.5, 0.6) is 0 Å². The SMILES string of the molecule is C#CCN(C)S(=O)(=O)c1c[nH]c(CNC(C)C)c1. The summed E-state index contributed by atoms with van der Waals surface area (Å²) < 4.78 is 25.3. The number of aromatic nitrogens is 1. The summed E-state index contributed by atoms with van der Waals surface area (Å²) in [5.41, 5.74) is 0.830. The Kier molecular flexibility index (Phi) is 4.96. The van der Waals surface area contributed by atoms with Crippen molar-refractivity contribution >= 4 is 10.0 Å². The fourth-order valence-electron chi connectivity index (χ4n) is 1.38. The molecule has 1 aromatic rings. The summed E-state index contributed by atoms with van der Waals surface area (Å²) in [5, 5.41) is 3.21. The number of aromatic amines is 1. The van der Waals surface area contributed by atoms with Gasteiger partial charge in [-0.1, -0.05) is 19.8 Å². The van der Waals surface area contributed by atoms with Crippen LogP contribution in [0.3, 0.4) is 0 Å². The lowest BCUT2D eigenvalue weighted by Gasteiger charge is -2.12. The molecule has 2 N–H and O–H groups in total. The molecule has 0 atom stereocenters. The van der Waals surface area contributed by atoms with E-state index in [4.69, 9.17) is 6.42 Å². The average Bonchev–Trinajstić information content (AvgIpc) is 2.75. The molecule has 0 saturated carbocycles. The Morgan fingerprint density at radius 2 is 2.22 bits per heavy atom. The number of nitrogens with zero attached hydrogens (tertiary/aromatic N) is 1. The molecule has 1 aromatic heterocycles. The van der Waals surface area contributed by atoms with Crippen molar-refractivity contribution in [1.82, 2.24) is 14.6 Å². The van der Waals surface area contributed by atoms with Gasteiger partial charge in [0.15, 0.2) is 0 Å². The molecule has 100 valence electrons. The summed E-state index contributed by atoms with van der Waals surface area (Å²) in [4.78, 5) is 3.18. The van der Waals surface area contributed by atoms with Crippen molar-refractivity contribution in [3.63, 3.8) is 0 Å². The largest absolute Gasteiger partial charge is 0.363 e. The molecule has 0 radical (unpaired) electrons. The first-order chi connectivity index (χ1) is 8.37. The number of rotatable bonds is 6. The molecule has 5 nitrogen and oxygen atoms in total. The first-order valence-electron chi connectivity index (χ1n) is 5.68. The molecule has 1 rings (SSSR count). The maximum atomic E-state index is 12.1. The van der Waals surface area contributed by atoms with Crippen LogP contribution in [0, 0.1) is 12.3 Å². The summed E-state index contributed by atoms with van der Waals surface area (Å²) >= 11 is 0. The van der Waals surface area contributed by atoms with E-state index in [9.17, 15) is 8.42 Å². The van der Waals surface area contributed by atoms with Gasteiger partial charge < -0.3 is 10.3 Å². The quantitative estimate of drug-likeness (QED) is 0.750. The van der Waals surface area contributed by atoms with Gasteiger partial charge in [0, 0.05) is 31.5 Å². The summed E-state index contributed by atoms with van der Waals surface area (Å²) in [6.07, 6.45) is 6.60. The van der Waals surface area contributed by atoms with E-state index in [0.29, 0.717) is 12.6 Å². The van der Waals surface area contributed by atoms with Crippen molar-refractivity contribution in [3.8, 4) is 12.3 Å². The van der Waals surface area contributed by atoms with E-state index in [-0.39, 0.29) is 11.4 Å². The molecule has 0 spiro atoms. The maximum Gasteiger partial charge on any atom is 0.245 e. The van der Waals surface area contributed by atoms with Crippen LogP contribution in [0.1, 0.15) is 19.5 Å². The van der Waals surface area contributed by atoms with Crippen LogP contribution >= 0.6 is 0 Å². The Hall–Kier alpha value is -1.29. The summed E-state index contributed by atoms with van der Waals surface area (Å²) in [6.45, 7) is 4.72. The summed E-state index contributed by atoms with van der Waals surface area (Å²) in [6, 6.07) is 1.97. The Morgan fingerprint density at radius 3 is 2.78 bits per heavy atom. The van der Waals surface area contributed by atoms with Crippen molar-refractivity contribution in [2.45, 2.75) is 31.3 Å². The Balaban J connectivity index is 2.82. The van der Waals surface area contributed by atoms with Crippen LogP contribution < -0.4 is 5.32 Å². The lowest BCUT2D eigenvalue weighted by atomic mass is 10.3. The number of hydrogen-bond donors (Lipinski definition) is 2. The topological polar surface area (TPSA) is 65.2 Å². The molecule has 0 amide bonds. The molecule has 0 saturated heterocycles. The van der Waals surface area contributed by atoms with E-state index in [0.717, 1.165) is 10.00 Å². The van der Waals surface area contributed by atoms with Gasteiger partial charge in [-0.3, -0.25) is 0 Å². The number of sulfonamides is 1. The summed E-state index contributed by atoms with van der Waals surface area (Å²) in [5.74, 6) is 2.31. The van der Waals surface area contributed by atoms with Gasteiger partial charge in [-0.05, 0) is 6.07 Å². The third kappa shape index (κ3) is 3.60. The fourth-order valence-corrected chi connectivity index (χ4v) is 2.48. The predicted molar refractivity (Wildman–Crippen MR) is 71.4 cm³/mol. The molecule has 0 unspecified atom stereocenters. The standard InChI is InChI=1S/C12H19N3O2S/c1-5-6-15(4)18(16,17)12-7-11(14-9-12)8-13-10(2)3/h1,7,9-10,13-14H,6,8H2,2-4H3. The number of hydrogen-bond acceptors (Lipinski definition) is 3. The van der Waals surface area contributed by atoms with Crippen LogP contribution in [-0.2, 0) is 16.6 Å². The highest BCUT2D eigenvalue weighted by Crippen LogP contribution is 2.15. The van der Waals surface area contributed by atoms with Crippen LogP contribution in [0.2, 0.25) is 0 Å². The predicted octanol–water partition coefficient (Wildman–Crippen LogP) is 0.766. The van der Waals surface area contributed by atoms with Gasteiger partial charge in [-0.2, -0.15) is 4.31 Å². The van der Waals surface area contributed by atoms with Gasteiger partial charge in [0.2, 0.25) is 10.0 Å². The van der Waals surface area contributed by atoms with Gasteiger partial charge in [0.25, 0.3) is 0 Å². The zero-order valence-electron chi connectivity index (χ0n) is 10.9. The Morgan fingerprint density at radius 1 is 1.56 bits per heavy atom. The van der Waals surface area contributed by atoms with Crippen LogP contribution in [0.4, 0.5) is 0 Å². The Bertz CT molecular complexity index is 526. The molecule has 0 aromatic carbocycles. The molecule has 0 fully saturated rings. The lowest BCUT2D eigenvalue weighted by molar-refractivity contribution is 0.503. The van der Waals surface area contributed by atoms with Crippen molar-refractivity contribution < 1.29 is 8.42 Å². The van der Waals surface area contributed by atoms with E-state index in [2.05, 4.69) is 16.2 Å². The Labute approximate surface area is 109 Å². The first kappa shape index (κ1) is 14.8. The van der Waals surface area contributed by atoms with Gasteiger partial charge in [-0.15, -0.1) is 6.42 Å². The minimum atomic E-state index is -3.49. The van der Waals surface area contributed by atoms with Crippen molar-refractivity contribution in [3.05, 3.63) is 18.0 Å². The molecule has 18 heavy (non-hydrogen) atoms. The lowest BCUT2D eigenvalue weighted by Crippen LogP contribution is -2.26. The molecular weight excluding hydrogens is 250 g/mol. The second-order valence-electron chi connectivity index (χ2n) is 4.36. The van der Waals surface area contributed by atoms with E-state index in [1.54, 1.807) is 6.07 Å². The van der Waals surface area contributed by atoms with Crippen LogP contribution in [0.15, 0.2) is 17.2 Å². The number of H-pyrrole nitrogens is 1. The molecule has 0 bridgehead atoms. The van der Waals surface area contributed by atoms with Crippen molar-refractivity contribution in [2.24, 2.45) is 0 Å². The highest BCUT2D eigenvalue weighted by atomic mass is 32.2. The van der Waals surface area contributed by atoms with Crippen LogP contribution in [-0.4, -0.2) is 37.3 Å². The minimum absolute atomic E-state index is 0.0626. The van der Waals surface area contributed by atoms with Gasteiger partial charge >= 0.3 is 0 Å². The smallest absolute Gasteiger partial charge is 0.245 e. The molecule has 0 aliphatic carbocycles. The van der Waals surface area contributed by atoms with Crippen molar-refractivity contribution in [2.75, 3.05) is 13.6 Å². The highest BCUT2D eigenvalue weighted by Gasteiger charge is 2.21. The second kappa shape index (κ2) is 6.05. The maximum absolute atomic E-state index is 12.1. The van der Waals surface area contributed by atoms with Gasteiger partial charge in [0.05, 0.1) is 11.4 Å². The molecule has 6 heteroatoms. The highest BCUT2D eigenvalue weighted by molar-refractivity contribution is 7.89. The minimum Gasteiger partial charge on any atom is -0.363 e. The van der Waals surface area contributed by atoms with E-state index in [1.807, 2.05) is 13.8 Å². The third-order valence-electron chi connectivity index (χ3n) is 2.44. The van der Waals surface area contributed by atoms with Crippen LogP contribution in [0.25, 0.3) is 0 Å². The molecular formula is C12H19N3O2S. The normalized spacial score (nSPS) is 12.0. The number of nitrogens with one attached hydrogen (secondary N) is 2. The zero-order valence-corrected chi connectivity index (χ0v) is 11.7. The number of terminal acetylenes is 1. The molecule has 0 aliphatic heterocycles. The molecule has 1 heterocycles. The monoisotopic (exact) mass is 269 g/mol. The van der Waals surface area contributed by atoms with Gasteiger partial charge in [0.1, 0.15) is 0 Å². The van der Waals surface area contributed by atoms with E-state index >= 15 is 0 Å².